The molecule has 14 heavy (non-hydrogen) atoms. The van der Waals surface area contributed by atoms with Crippen LogP contribution in [0.15, 0.2) is 0 Å². The maximum atomic E-state index is 9.67. The fraction of sp³-hybridized carbons (Fsp3) is 0.600. The van der Waals surface area contributed by atoms with Gasteiger partial charge in [-0.25, -0.2) is 4.98 Å². The maximum Gasteiger partial charge on any atom is 0.228 e. The van der Waals surface area contributed by atoms with Crippen LogP contribution < -0.4 is 4.90 Å². The highest BCUT2D eigenvalue weighted by molar-refractivity contribution is 5.38. The quantitative estimate of drug-likeness (QED) is 0.794. The summed E-state index contributed by atoms with van der Waals surface area (Å²) in [6.45, 7) is 3.97. The lowest BCUT2D eigenvalue weighted by atomic mass is 10.1. The van der Waals surface area contributed by atoms with E-state index >= 15 is 0 Å². The largest absolute Gasteiger partial charge is 0.493 e. The molecule has 0 aliphatic heterocycles. The first-order valence-corrected chi connectivity index (χ1v) is 4.80. The van der Waals surface area contributed by atoms with Crippen LogP contribution in [0.1, 0.15) is 24.6 Å². The van der Waals surface area contributed by atoms with Crippen LogP contribution in [0.4, 0.5) is 5.95 Å². The molecule has 0 saturated heterocycles. The highest BCUT2D eigenvalue weighted by Gasteiger charge is 2.10. The molecule has 0 fully saturated rings. The van der Waals surface area contributed by atoms with Crippen LogP contribution in [0.25, 0.3) is 0 Å². The molecule has 0 aromatic carbocycles. The van der Waals surface area contributed by atoms with E-state index in [1.165, 1.54) is 0 Å². The van der Waals surface area contributed by atoms with E-state index in [9.17, 15) is 5.11 Å². The summed E-state index contributed by atoms with van der Waals surface area (Å²) >= 11 is 0. The second-order valence-corrected chi connectivity index (χ2v) is 3.56. The third-order valence-electron chi connectivity index (χ3n) is 2.08. The molecule has 1 N–H and O–H groups in total. The third kappa shape index (κ3) is 2.13. The van der Waals surface area contributed by atoms with Gasteiger partial charge in [0.15, 0.2) is 0 Å². The minimum Gasteiger partial charge on any atom is -0.493 e. The van der Waals surface area contributed by atoms with Gasteiger partial charge in [0.2, 0.25) is 11.8 Å². The van der Waals surface area contributed by atoms with Crippen LogP contribution in [-0.4, -0.2) is 29.2 Å². The molecule has 0 aliphatic rings. The Morgan fingerprint density at radius 3 is 2.36 bits per heavy atom. The molecule has 0 unspecified atom stereocenters. The van der Waals surface area contributed by atoms with Gasteiger partial charge in [-0.2, -0.15) is 4.98 Å². The van der Waals surface area contributed by atoms with E-state index < -0.39 is 0 Å². The van der Waals surface area contributed by atoms with E-state index in [1.54, 1.807) is 4.90 Å². The van der Waals surface area contributed by atoms with E-state index in [-0.39, 0.29) is 5.88 Å². The summed E-state index contributed by atoms with van der Waals surface area (Å²) in [7, 11) is 3.71. The van der Waals surface area contributed by atoms with Crippen molar-refractivity contribution in [2.75, 3.05) is 19.0 Å². The standard InChI is InChI=1S/C10H17N3O/c1-5-6-8-7(2)11-10(13(3)4)12-9(8)14/h5-6H2,1-4H3,(H,11,12,14). The average Bonchev–Trinajstić information content (AvgIpc) is 2.10. The zero-order valence-corrected chi connectivity index (χ0v) is 9.20. The van der Waals surface area contributed by atoms with Gasteiger partial charge >= 0.3 is 0 Å². The van der Waals surface area contributed by atoms with Crippen molar-refractivity contribution in [3.8, 4) is 5.88 Å². The Morgan fingerprint density at radius 2 is 1.93 bits per heavy atom. The molecule has 78 valence electrons. The minimum atomic E-state index is 0.114. The summed E-state index contributed by atoms with van der Waals surface area (Å²) < 4.78 is 0. The van der Waals surface area contributed by atoms with Crippen molar-refractivity contribution in [2.24, 2.45) is 0 Å². The summed E-state index contributed by atoms with van der Waals surface area (Å²) in [5, 5.41) is 9.67. The number of aryl methyl sites for hydroxylation is 1. The highest BCUT2D eigenvalue weighted by atomic mass is 16.3. The number of rotatable bonds is 3. The van der Waals surface area contributed by atoms with Crippen LogP contribution in [0, 0.1) is 6.92 Å². The van der Waals surface area contributed by atoms with Gasteiger partial charge in [-0.05, 0) is 13.3 Å². The van der Waals surface area contributed by atoms with Crippen molar-refractivity contribution >= 4 is 5.95 Å². The first-order valence-electron chi connectivity index (χ1n) is 4.80. The van der Waals surface area contributed by atoms with Crippen molar-refractivity contribution in [1.29, 1.82) is 0 Å². The predicted molar refractivity (Wildman–Crippen MR) is 56.8 cm³/mol. The molecular formula is C10H17N3O. The fourth-order valence-electron chi connectivity index (χ4n) is 1.31. The fourth-order valence-corrected chi connectivity index (χ4v) is 1.31. The second-order valence-electron chi connectivity index (χ2n) is 3.56. The van der Waals surface area contributed by atoms with E-state index in [2.05, 4.69) is 16.9 Å². The zero-order valence-electron chi connectivity index (χ0n) is 9.20. The van der Waals surface area contributed by atoms with E-state index in [0.717, 1.165) is 24.1 Å². The Balaban J connectivity index is 3.11. The molecule has 0 aliphatic carbocycles. The van der Waals surface area contributed by atoms with Gasteiger partial charge in [0.1, 0.15) is 0 Å². The first kappa shape index (κ1) is 10.8. The highest BCUT2D eigenvalue weighted by Crippen LogP contribution is 2.21. The molecule has 0 bridgehead atoms. The third-order valence-corrected chi connectivity index (χ3v) is 2.08. The smallest absolute Gasteiger partial charge is 0.228 e. The number of aromatic hydroxyl groups is 1. The summed E-state index contributed by atoms with van der Waals surface area (Å²) in [6.07, 6.45) is 1.81. The molecule has 1 aromatic rings. The molecular weight excluding hydrogens is 178 g/mol. The lowest BCUT2D eigenvalue weighted by molar-refractivity contribution is 0.443. The topological polar surface area (TPSA) is 49.2 Å². The van der Waals surface area contributed by atoms with Gasteiger partial charge in [-0.1, -0.05) is 13.3 Å². The SMILES string of the molecule is CCCc1c(C)nc(N(C)C)nc1O. The van der Waals surface area contributed by atoms with Crippen molar-refractivity contribution in [2.45, 2.75) is 26.7 Å². The molecule has 0 atom stereocenters. The summed E-state index contributed by atoms with van der Waals surface area (Å²) in [6, 6.07) is 0. The summed E-state index contributed by atoms with van der Waals surface area (Å²) in [4.78, 5) is 10.1. The Bertz CT molecular complexity index is 300. The minimum absolute atomic E-state index is 0.114. The summed E-state index contributed by atoms with van der Waals surface area (Å²) in [5.74, 6) is 0.669. The molecule has 0 saturated carbocycles. The normalized spacial score (nSPS) is 10.3. The zero-order chi connectivity index (χ0) is 10.7. The number of anilines is 1. The van der Waals surface area contributed by atoms with Crippen LogP contribution in [-0.2, 0) is 6.42 Å². The van der Waals surface area contributed by atoms with Crippen LogP contribution in [0.3, 0.4) is 0 Å². The van der Waals surface area contributed by atoms with Crippen molar-refractivity contribution in [3.63, 3.8) is 0 Å². The van der Waals surface area contributed by atoms with Crippen LogP contribution >= 0.6 is 0 Å². The number of hydrogen-bond acceptors (Lipinski definition) is 4. The monoisotopic (exact) mass is 195 g/mol. The van der Waals surface area contributed by atoms with Crippen molar-refractivity contribution in [1.82, 2.24) is 9.97 Å². The molecule has 0 radical (unpaired) electrons. The molecule has 0 amide bonds. The van der Waals surface area contributed by atoms with Crippen molar-refractivity contribution in [3.05, 3.63) is 11.3 Å². The molecule has 1 heterocycles. The Labute approximate surface area is 84.6 Å². The Kier molecular flexibility index (Phi) is 3.28. The van der Waals surface area contributed by atoms with E-state index in [4.69, 9.17) is 0 Å². The first-order chi connectivity index (χ1) is 6.56. The van der Waals surface area contributed by atoms with E-state index in [0.29, 0.717) is 5.95 Å². The molecule has 1 rings (SSSR count). The van der Waals surface area contributed by atoms with E-state index in [1.807, 2.05) is 21.0 Å². The Hall–Kier alpha value is -1.32. The van der Waals surface area contributed by atoms with Gasteiger partial charge < -0.3 is 10.0 Å². The second kappa shape index (κ2) is 4.26. The molecule has 0 spiro atoms. The predicted octanol–water partition coefficient (Wildman–Crippen LogP) is 1.51. The number of nitrogens with zero attached hydrogens (tertiary/aromatic N) is 3. The molecule has 4 heteroatoms. The lowest BCUT2D eigenvalue weighted by Crippen LogP contribution is -2.14. The van der Waals surface area contributed by atoms with Crippen LogP contribution in [0.5, 0.6) is 5.88 Å². The van der Waals surface area contributed by atoms with Gasteiger partial charge in [0, 0.05) is 25.4 Å². The average molecular weight is 195 g/mol. The summed E-state index contributed by atoms with van der Waals surface area (Å²) in [5.41, 5.74) is 1.72. The molecule has 1 aromatic heterocycles. The van der Waals surface area contributed by atoms with Gasteiger partial charge in [0.05, 0.1) is 0 Å². The van der Waals surface area contributed by atoms with Crippen molar-refractivity contribution < 1.29 is 5.11 Å². The molecule has 4 nitrogen and oxygen atoms in total. The van der Waals surface area contributed by atoms with Gasteiger partial charge in [0.25, 0.3) is 0 Å². The van der Waals surface area contributed by atoms with Gasteiger partial charge in [-0.15, -0.1) is 0 Å². The maximum absolute atomic E-state index is 9.67. The number of hydrogen-bond donors (Lipinski definition) is 1. The lowest BCUT2D eigenvalue weighted by Gasteiger charge is -2.13. The van der Waals surface area contributed by atoms with Crippen LogP contribution in [0.2, 0.25) is 0 Å². The van der Waals surface area contributed by atoms with Gasteiger partial charge in [-0.3, -0.25) is 0 Å². The number of aromatic nitrogens is 2. The Morgan fingerprint density at radius 1 is 1.29 bits per heavy atom.